The van der Waals surface area contributed by atoms with Gasteiger partial charge in [-0.2, -0.15) is 11.0 Å². The number of aryl methyl sites for hydroxylation is 2. The SMILES string of the molecule is CONCc1ccc2c(c1)CCc1cc(CNOC)ccc1C2(C[C@@H](C)N)c1nnc(C(C)C)o1. The number of nitrogens with zero attached hydrogens (tertiary/aromatic N) is 2. The highest BCUT2D eigenvalue weighted by atomic mass is 16.6. The topological polar surface area (TPSA) is 107 Å². The maximum Gasteiger partial charge on any atom is 0.231 e. The second-order valence-corrected chi connectivity index (χ2v) is 9.72. The van der Waals surface area contributed by atoms with Gasteiger partial charge < -0.3 is 19.8 Å². The fourth-order valence-corrected chi connectivity index (χ4v) is 5.15. The molecule has 188 valence electrons. The molecule has 8 nitrogen and oxygen atoms in total. The number of aromatic nitrogens is 2. The Morgan fingerprint density at radius 2 is 1.46 bits per heavy atom. The van der Waals surface area contributed by atoms with Crippen molar-refractivity contribution >= 4 is 0 Å². The van der Waals surface area contributed by atoms with Crippen molar-refractivity contribution in [2.45, 2.75) is 70.5 Å². The maximum absolute atomic E-state index is 6.53. The Morgan fingerprint density at radius 1 is 0.914 bits per heavy atom. The first-order valence-corrected chi connectivity index (χ1v) is 12.2. The maximum atomic E-state index is 6.53. The van der Waals surface area contributed by atoms with E-state index in [1.807, 2.05) is 6.92 Å². The Kier molecular flexibility index (Phi) is 7.98. The van der Waals surface area contributed by atoms with Crippen molar-refractivity contribution in [3.63, 3.8) is 0 Å². The van der Waals surface area contributed by atoms with Crippen LogP contribution in [0.1, 0.15) is 78.3 Å². The summed E-state index contributed by atoms with van der Waals surface area (Å²) < 4.78 is 6.41. The van der Waals surface area contributed by atoms with Gasteiger partial charge in [-0.15, -0.1) is 10.2 Å². The standard InChI is InChI=1S/C27H37N5O3/c1-17(2)25-31-32-26(35-25)27(14-18(3)28)23-10-6-19(15-29-33-4)12-21(23)8-9-22-13-20(16-30-34-5)7-11-24(22)27/h6-7,10-13,17-18,29-30H,8-9,14-16,28H2,1-5H3/t18-/m1/s1. The molecule has 4 rings (SSSR count). The van der Waals surface area contributed by atoms with Crippen molar-refractivity contribution < 1.29 is 14.1 Å². The van der Waals surface area contributed by atoms with Crippen LogP contribution in [0.25, 0.3) is 0 Å². The largest absolute Gasteiger partial charge is 0.424 e. The number of nitrogens with two attached hydrogens (primary N) is 1. The van der Waals surface area contributed by atoms with Gasteiger partial charge in [-0.1, -0.05) is 50.2 Å². The van der Waals surface area contributed by atoms with Crippen LogP contribution in [0.3, 0.4) is 0 Å². The van der Waals surface area contributed by atoms with E-state index in [2.05, 4.69) is 71.4 Å². The lowest BCUT2D eigenvalue weighted by Gasteiger charge is -2.35. The van der Waals surface area contributed by atoms with E-state index < -0.39 is 5.41 Å². The molecule has 0 unspecified atom stereocenters. The molecule has 4 N–H and O–H groups in total. The molecule has 1 aromatic heterocycles. The van der Waals surface area contributed by atoms with Gasteiger partial charge in [-0.25, -0.2) is 0 Å². The molecule has 1 heterocycles. The molecular weight excluding hydrogens is 442 g/mol. The molecule has 0 saturated carbocycles. The van der Waals surface area contributed by atoms with Crippen molar-refractivity contribution in [2.24, 2.45) is 5.73 Å². The molecule has 0 fully saturated rings. The van der Waals surface area contributed by atoms with Gasteiger partial charge in [0, 0.05) is 25.0 Å². The zero-order valence-corrected chi connectivity index (χ0v) is 21.4. The lowest BCUT2D eigenvalue weighted by Crippen LogP contribution is -2.37. The number of benzene rings is 2. The summed E-state index contributed by atoms with van der Waals surface area (Å²) in [6.45, 7) is 7.42. The van der Waals surface area contributed by atoms with E-state index in [9.17, 15) is 0 Å². The second-order valence-electron chi connectivity index (χ2n) is 9.72. The van der Waals surface area contributed by atoms with Gasteiger partial charge in [0.05, 0.1) is 14.2 Å². The Hall–Kier alpha value is -2.62. The van der Waals surface area contributed by atoms with Gasteiger partial charge in [-0.05, 0) is 59.6 Å². The number of hydrogen-bond acceptors (Lipinski definition) is 8. The lowest BCUT2D eigenvalue weighted by atomic mass is 9.68. The Labute approximate surface area is 207 Å². The average molecular weight is 480 g/mol. The van der Waals surface area contributed by atoms with E-state index in [-0.39, 0.29) is 12.0 Å². The summed E-state index contributed by atoms with van der Waals surface area (Å²) in [5.41, 5.74) is 19.0. The Balaban J connectivity index is 1.96. The molecule has 3 aromatic rings. The molecular formula is C27H37N5O3. The quantitative estimate of drug-likeness (QED) is 0.378. The smallest absolute Gasteiger partial charge is 0.231 e. The van der Waals surface area contributed by atoms with Crippen LogP contribution in [-0.2, 0) is 41.0 Å². The first-order chi connectivity index (χ1) is 16.9. The van der Waals surface area contributed by atoms with Crippen LogP contribution in [0.4, 0.5) is 0 Å². The third kappa shape index (κ3) is 5.17. The summed E-state index contributed by atoms with van der Waals surface area (Å²) in [7, 11) is 3.26. The van der Waals surface area contributed by atoms with E-state index in [1.165, 1.54) is 22.3 Å². The van der Waals surface area contributed by atoms with Gasteiger partial charge in [0.2, 0.25) is 11.8 Å². The van der Waals surface area contributed by atoms with Crippen LogP contribution in [0, 0.1) is 0 Å². The highest BCUT2D eigenvalue weighted by molar-refractivity contribution is 5.55. The van der Waals surface area contributed by atoms with E-state index in [0.717, 1.165) is 24.0 Å². The normalized spacial score (nSPS) is 15.5. The average Bonchev–Trinajstić information content (AvgIpc) is 3.30. The highest BCUT2D eigenvalue weighted by Gasteiger charge is 2.46. The first-order valence-electron chi connectivity index (χ1n) is 12.2. The van der Waals surface area contributed by atoms with Crippen LogP contribution >= 0.6 is 0 Å². The van der Waals surface area contributed by atoms with Gasteiger partial charge >= 0.3 is 0 Å². The second kappa shape index (κ2) is 11.0. The number of hydrogen-bond donors (Lipinski definition) is 3. The molecule has 0 radical (unpaired) electrons. The van der Waals surface area contributed by atoms with Crippen LogP contribution in [0.2, 0.25) is 0 Å². The van der Waals surface area contributed by atoms with Gasteiger partial charge in [-0.3, -0.25) is 0 Å². The van der Waals surface area contributed by atoms with E-state index in [1.54, 1.807) is 14.2 Å². The molecule has 0 bridgehead atoms. The monoisotopic (exact) mass is 479 g/mol. The minimum atomic E-state index is -0.643. The van der Waals surface area contributed by atoms with Crippen LogP contribution in [0.15, 0.2) is 40.8 Å². The zero-order valence-electron chi connectivity index (χ0n) is 21.4. The van der Waals surface area contributed by atoms with Gasteiger partial charge in [0.1, 0.15) is 5.41 Å². The fraction of sp³-hybridized carbons (Fsp3) is 0.481. The van der Waals surface area contributed by atoms with Gasteiger partial charge in [0.25, 0.3) is 0 Å². The third-order valence-electron chi connectivity index (χ3n) is 6.69. The molecule has 0 amide bonds. The van der Waals surface area contributed by atoms with Crippen LogP contribution in [-0.4, -0.2) is 30.5 Å². The van der Waals surface area contributed by atoms with Crippen molar-refractivity contribution in [2.75, 3.05) is 14.2 Å². The molecule has 0 saturated heterocycles. The summed E-state index contributed by atoms with van der Waals surface area (Å²) in [5.74, 6) is 1.38. The Morgan fingerprint density at radius 3 is 1.89 bits per heavy atom. The molecule has 1 atom stereocenters. The van der Waals surface area contributed by atoms with Crippen molar-refractivity contribution in [3.05, 3.63) is 81.6 Å². The van der Waals surface area contributed by atoms with E-state index in [0.29, 0.717) is 31.3 Å². The predicted octanol–water partition coefficient (Wildman–Crippen LogP) is 3.67. The Bertz CT molecular complexity index is 1080. The lowest BCUT2D eigenvalue weighted by molar-refractivity contribution is 0.0866. The summed E-state index contributed by atoms with van der Waals surface area (Å²) in [4.78, 5) is 10.2. The molecule has 0 spiro atoms. The summed E-state index contributed by atoms with van der Waals surface area (Å²) in [6, 6.07) is 13.1. The van der Waals surface area contributed by atoms with Crippen LogP contribution in [0.5, 0.6) is 0 Å². The number of fused-ring (bicyclic) bond motifs is 2. The summed E-state index contributed by atoms with van der Waals surface area (Å²) >= 11 is 0. The van der Waals surface area contributed by atoms with Crippen LogP contribution < -0.4 is 16.7 Å². The third-order valence-corrected chi connectivity index (χ3v) is 6.69. The fourth-order valence-electron chi connectivity index (χ4n) is 5.15. The molecule has 0 aliphatic heterocycles. The highest BCUT2D eigenvalue weighted by Crippen LogP contribution is 2.47. The minimum absolute atomic E-state index is 0.0899. The first kappa shape index (κ1) is 25.5. The molecule has 1 aliphatic rings. The number of nitrogens with one attached hydrogen (secondary N) is 2. The van der Waals surface area contributed by atoms with E-state index >= 15 is 0 Å². The van der Waals surface area contributed by atoms with E-state index in [4.69, 9.17) is 19.8 Å². The van der Waals surface area contributed by atoms with Gasteiger partial charge in [0.15, 0.2) is 0 Å². The molecule has 8 heteroatoms. The summed E-state index contributed by atoms with van der Waals surface area (Å²) in [6.07, 6.45) is 2.45. The predicted molar refractivity (Wildman–Crippen MR) is 135 cm³/mol. The minimum Gasteiger partial charge on any atom is -0.424 e. The number of hydroxylamine groups is 2. The summed E-state index contributed by atoms with van der Waals surface area (Å²) in [5, 5.41) is 9.06. The number of rotatable bonds is 10. The molecule has 35 heavy (non-hydrogen) atoms. The van der Waals surface area contributed by atoms with Crippen molar-refractivity contribution in [3.8, 4) is 0 Å². The van der Waals surface area contributed by atoms with Crippen molar-refractivity contribution in [1.82, 2.24) is 21.2 Å². The molecule has 1 aliphatic carbocycles. The molecule has 2 aromatic carbocycles. The zero-order chi connectivity index (χ0) is 25.0. The van der Waals surface area contributed by atoms with Crippen molar-refractivity contribution in [1.29, 1.82) is 0 Å².